The number of aromatic amines is 1. The van der Waals surface area contributed by atoms with Crippen LogP contribution in [0.25, 0.3) is 10.9 Å². The molecule has 3 heterocycles. The minimum atomic E-state index is -0.177. The van der Waals surface area contributed by atoms with Crippen LogP contribution in [0.1, 0.15) is 62.5 Å². The molecule has 0 radical (unpaired) electrons. The van der Waals surface area contributed by atoms with Crippen LogP contribution in [0, 0.1) is 13.8 Å². The van der Waals surface area contributed by atoms with Crippen LogP contribution in [-0.2, 0) is 23.4 Å². The minimum Gasteiger partial charge on any atom is -0.377 e. The van der Waals surface area contributed by atoms with Crippen LogP contribution >= 0.6 is 0 Å². The number of ether oxygens (including phenoxy) is 1. The SMILES string of the molecule is CCC(C)(C)n1nnnc1CN(Cc1cc2c(C)ccc(C)c2[nH]c1=O)CC1CCCO1. The highest BCUT2D eigenvalue weighted by atomic mass is 16.5. The van der Waals surface area contributed by atoms with Crippen molar-refractivity contribution in [2.24, 2.45) is 0 Å². The summed E-state index contributed by atoms with van der Waals surface area (Å²) in [4.78, 5) is 18.3. The predicted octanol–water partition coefficient (Wildman–Crippen LogP) is 3.46. The van der Waals surface area contributed by atoms with Crippen LogP contribution < -0.4 is 5.56 Å². The average Bonchev–Trinajstić information content (AvgIpc) is 3.44. The second-order valence-electron chi connectivity index (χ2n) is 9.59. The molecule has 1 N–H and O–H groups in total. The zero-order valence-electron chi connectivity index (χ0n) is 19.8. The van der Waals surface area contributed by atoms with E-state index >= 15 is 0 Å². The number of fused-ring (bicyclic) bond motifs is 1. The van der Waals surface area contributed by atoms with E-state index in [1.54, 1.807) is 0 Å². The Bertz CT molecular complexity index is 1140. The van der Waals surface area contributed by atoms with E-state index < -0.39 is 0 Å². The number of H-pyrrole nitrogens is 1. The van der Waals surface area contributed by atoms with Crippen LogP contribution in [-0.4, -0.2) is 49.3 Å². The van der Waals surface area contributed by atoms with Gasteiger partial charge in [0.05, 0.1) is 23.7 Å². The second-order valence-corrected chi connectivity index (χ2v) is 9.59. The number of aryl methyl sites for hydroxylation is 2. The molecule has 0 aliphatic carbocycles. The maximum Gasteiger partial charge on any atom is 0.252 e. The van der Waals surface area contributed by atoms with Crippen molar-refractivity contribution >= 4 is 10.9 Å². The molecule has 2 aromatic heterocycles. The van der Waals surface area contributed by atoms with Crippen molar-refractivity contribution < 1.29 is 4.74 Å². The highest BCUT2D eigenvalue weighted by molar-refractivity contribution is 5.85. The molecule has 1 aliphatic heterocycles. The molecule has 1 atom stereocenters. The lowest BCUT2D eigenvalue weighted by atomic mass is 10.0. The van der Waals surface area contributed by atoms with Gasteiger partial charge in [0.25, 0.3) is 5.56 Å². The number of tetrazole rings is 1. The van der Waals surface area contributed by atoms with Gasteiger partial charge in [-0.25, -0.2) is 4.68 Å². The molecular formula is C24H34N6O2. The van der Waals surface area contributed by atoms with E-state index in [1.165, 1.54) is 0 Å². The van der Waals surface area contributed by atoms with Gasteiger partial charge < -0.3 is 9.72 Å². The number of aromatic nitrogens is 5. The summed E-state index contributed by atoms with van der Waals surface area (Å²) < 4.78 is 7.82. The van der Waals surface area contributed by atoms with Crippen molar-refractivity contribution in [2.45, 2.75) is 78.6 Å². The summed E-state index contributed by atoms with van der Waals surface area (Å²) in [5.74, 6) is 0.805. The van der Waals surface area contributed by atoms with Gasteiger partial charge in [0.15, 0.2) is 5.82 Å². The van der Waals surface area contributed by atoms with Crippen molar-refractivity contribution in [3.8, 4) is 0 Å². The molecule has 0 bridgehead atoms. The van der Waals surface area contributed by atoms with Gasteiger partial charge in [0.2, 0.25) is 0 Å². The van der Waals surface area contributed by atoms with Gasteiger partial charge >= 0.3 is 0 Å². The normalized spacial score (nSPS) is 17.0. The summed E-state index contributed by atoms with van der Waals surface area (Å²) in [6.45, 7) is 13.1. The van der Waals surface area contributed by atoms with Gasteiger partial charge in [-0.1, -0.05) is 19.1 Å². The molecular weight excluding hydrogens is 404 g/mol. The number of pyridine rings is 1. The standard InChI is InChI=1S/C24H34N6O2/c1-6-24(4,5)30-21(26-27-28-30)15-29(14-19-8-7-11-32-19)13-18-12-20-16(2)9-10-17(3)22(20)25-23(18)31/h9-10,12,19H,6-8,11,13-15H2,1-5H3,(H,25,31). The summed E-state index contributed by atoms with van der Waals surface area (Å²) in [7, 11) is 0. The minimum absolute atomic E-state index is 0.0444. The van der Waals surface area contributed by atoms with Gasteiger partial charge in [-0.2, -0.15) is 0 Å². The summed E-state index contributed by atoms with van der Waals surface area (Å²) in [5, 5.41) is 13.6. The third-order valence-electron chi connectivity index (χ3n) is 6.74. The smallest absolute Gasteiger partial charge is 0.252 e. The molecule has 1 aliphatic rings. The topological polar surface area (TPSA) is 88.9 Å². The van der Waals surface area contributed by atoms with Crippen molar-refractivity contribution in [1.29, 1.82) is 0 Å². The molecule has 32 heavy (non-hydrogen) atoms. The molecule has 8 heteroatoms. The van der Waals surface area contributed by atoms with Crippen LogP contribution in [0.15, 0.2) is 23.0 Å². The van der Waals surface area contributed by atoms with Gasteiger partial charge in [-0.15, -0.1) is 5.10 Å². The van der Waals surface area contributed by atoms with Crippen LogP contribution in [0.3, 0.4) is 0 Å². The zero-order valence-corrected chi connectivity index (χ0v) is 19.8. The van der Waals surface area contributed by atoms with Crippen molar-refractivity contribution in [3.63, 3.8) is 0 Å². The van der Waals surface area contributed by atoms with E-state index in [2.05, 4.69) is 59.2 Å². The number of nitrogens with one attached hydrogen (secondary N) is 1. The van der Waals surface area contributed by atoms with E-state index in [1.807, 2.05) is 23.7 Å². The van der Waals surface area contributed by atoms with Crippen molar-refractivity contribution in [1.82, 2.24) is 30.1 Å². The van der Waals surface area contributed by atoms with Crippen LogP contribution in [0.4, 0.5) is 0 Å². The van der Waals surface area contributed by atoms with E-state index in [0.29, 0.717) is 13.1 Å². The number of benzene rings is 1. The Balaban J connectivity index is 1.66. The second kappa shape index (κ2) is 9.11. The molecule has 172 valence electrons. The molecule has 0 spiro atoms. The fourth-order valence-electron chi connectivity index (χ4n) is 4.36. The van der Waals surface area contributed by atoms with E-state index in [-0.39, 0.29) is 17.2 Å². The largest absolute Gasteiger partial charge is 0.377 e. The number of nitrogens with zero attached hydrogens (tertiary/aromatic N) is 5. The van der Waals surface area contributed by atoms with E-state index in [9.17, 15) is 4.79 Å². The zero-order chi connectivity index (χ0) is 22.9. The van der Waals surface area contributed by atoms with Crippen molar-refractivity contribution in [2.75, 3.05) is 13.2 Å². The first-order valence-electron chi connectivity index (χ1n) is 11.5. The Hall–Kier alpha value is -2.58. The molecule has 8 nitrogen and oxygen atoms in total. The lowest BCUT2D eigenvalue weighted by Crippen LogP contribution is -2.36. The van der Waals surface area contributed by atoms with Gasteiger partial charge in [-0.05, 0) is 74.6 Å². The highest BCUT2D eigenvalue weighted by Crippen LogP contribution is 2.23. The Morgan fingerprint density at radius 1 is 1.25 bits per heavy atom. The first-order chi connectivity index (χ1) is 15.3. The number of hydrogen-bond donors (Lipinski definition) is 1. The Kier molecular flexibility index (Phi) is 6.44. The summed E-state index contributed by atoms with van der Waals surface area (Å²) >= 11 is 0. The highest BCUT2D eigenvalue weighted by Gasteiger charge is 2.26. The summed E-state index contributed by atoms with van der Waals surface area (Å²) in [6.07, 6.45) is 3.20. The van der Waals surface area contributed by atoms with Gasteiger partial charge in [-0.3, -0.25) is 9.69 Å². The lowest BCUT2D eigenvalue weighted by molar-refractivity contribution is 0.0655. The fourth-order valence-corrected chi connectivity index (χ4v) is 4.36. The third-order valence-corrected chi connectivity index (χ3v) is 6.74. The molecule has 1 unspecified atom stereocenters. The number of hydrogen-bond acceptors (Lipinski definition) is 6. The van der Waals surface area contributed by atoms with Crippen LogP contribution in [0.2, 0.25) is 0 Å². The van der Waals surface area contributed by atoms with Gasteiger partial charge in [0, 0.05) is 30.6 Å². The lowest BCUT2D eigenvalue weighted by Gasteiger charge is -2.28. The molecule has 3 aromatic rings. The molecule has 1 fully saturated rings. The maximum atomic E-state index is 13.0. The average molecular weight is 439 g/mol. The van der Waals surface area contributed by atoms with Gasteiger partial charge in [0.1, 0.15) is 0 Å². The molecule has 1 aromatic carbocycles. The first kappa shape index (κ1) is 22.6. The fraction of sp³-hybridized carbons (Fsp3) is 0.583. The predicted molar refractivity (Wildman–Crippen MR) is 125 cm³/mol. The molecule has 0 amide bonds. The van der Waals surface area contributed by atoms with E-state index in [4.69, 9.17) is 4.74 Å². The summed E-state index contributed by atoms with van der Waals surface area (Å²) in [5.41, 5.74) is 3.67. The Morgan fingerprint density at radius 2 is 2.03 bits per heavy atom. The molecule has 1 saturated heterocycles. The Labute approximate surface area is 189 Å². The maximum absolute atomic E-state index is 13.0. The Morgan fingerprint density at radius 3 is 2.75 bits per heavy atom. The first-order valence-corrected chi connectivity index (χ1v) is 11.5. The van der Waals surface area contributed by atoms with Crippen molar-refractivity contribution in [3.05, 3.63) is 51.1 Å². The molecule has 4 rings (SSSR count). The molecule has 0 saturated carbocycles. The van der Waals surface area contributed by atoms with E-state index in [0.717, 1.165) is 65.8 Å². The monoisotopic (exact) mass is 438 g/mol. The third kappa shape index (κ3) is 4.61. The quantitative estimate of drug-likeness (QED) is 0.579. The van der Waals surface area contributed by atoms with Crippen LogP contribution in [0.5, 0.6) is 0 Å². The number of rotatable bonds is 8. The summed E-state index contributed by atoms with van der Waals surface area (Å²) in [6, 6.07) is 6.19.